The lowest BCUT2D eigenvalue weighted by atomic mass is 10.0. The number of aryl methyl sites for hydroxylation is 1. The van der Waals surface area contributed by atoms with Gasteiger partial charge in [-0.1, -0.05) is 22.0 Å². The molecule has 0 saturated carbocycles. The molecule has 0 spiro atoms. The summed E-state index contributed by atoms with van der Waals surface area (Å²) in [6.45, 7) is 6.18. The molecule has 5 heteroatoms. The highest BCUT2D eigenvalue weighted by atomic mass is 79.9. The van der Waals surface area contributed by atoms with Gasteiger partial charge in [-0.2, -0.15) is 0 Å². The molecule has 3 nitrogen and oxygen atoms in total. The summed E-state index contributed by atoms with van der Waals surface area (Å²) in [7, 11) is 0. The van der Waals surface area contributed by atoms with E-state index in [-0.39, 0.29) is 23.9 Å². The van der Waals surface area contributed by atoms with Crippen molar-refractivity contribution >= 4 is 34.2 Å². The van der Waals surface area contributed by atoms with Crippen LogP contribution in [0.1, 0.15) is 29.8 Å². The summed E-state index contributed by atoms with van der Waals surface area (Å²) in [4.78, 5) is 11.9. The third kappa shape index (κ3) is 4.66. The molecule has 0 unspecified atom stereocenters. The molecule has 0 radical (unpaired) electrons. The fourth-order valence-corrected chi connectivity index (χ4v) is 1.54. The summed E-state index contributed by atoms with van der Waals surface area (Å²) in [6, 6.07) is 5.54. The fourth-order valence-electron chi connectivity index (χ4n) is 1.16. The Balaban J connectivity index is 0.00000256. The van der Waals surface area contributed by atoms with Gasteiger partial charge in [-0.15, -0.1) is 12.4 Å². The molecule has 0 atom stereocenters. The topological polar surface area (TPSA) is 55.1 Å². The van der Waals surface area contributed by atoms with E-state index in [2.05, 4.69) is 21.2 Å². The standard InChI is InChI=1S/C12H17BrN2O.ClH/c1-8-4-5-9(6-10(8)13)11(16)15-12(2,3)7-14;/h4-6H,7,14H2,1-3H3,(H,15,16);1H. The first kappa shape index (κ1) is 16.4. The largest absolute Gasteiger partial charge is 0.346 e. The number of benzene rings is 1. The Labute approximate surface area is 117 Å². The zero-order valence-electron chi connectivity index (χ0n) is 10.2. The van der Waals surface area contributed by atoms with Crippen molar-refractivity contribution < 1.29 is 4.79 Å². The molecule has 3 N–H and O–H groups in total. The third-order valence-corrected chi connectivity index (χ3v) is 3.25. The summed E-state index contributed by atoms with van der Waals surface area (Å²) in [5, 5.41) is 2.88. The zero-order valence-corrected chi connectivity index (χ0v) is 12.6. The van der Waals surface area contributed by atoms with Gasteiger partial charge in [0.25, 0.3) is 5.91 Å². The summed E-state index contributed by atoms with van der Waals surface area (Å²) in [5.41, 5.74) is 6.93. The molecule has 0 bridgehead atoms. The van der Waals surface area contributed by atoms with Crippen LogP contribution in [0.3, 0.4) is 0 Å². The van der Waals surface area contributed by atoms with Crippen LogP contribution in [0.4, 0.5) is 0 Å². The normalized spacial score (nSPS) is 10.6. The molecule has 1 aromatic carbocycles. The first-order valence-electron chi connectivity index (χ1n) is 5.14. The maximum absolute atomic E-state index is 11.9. The van der Waals surface area contributed by atoms with E-state index in [1.54, 1.807) is 0 Å². The Morgan fingerprint density at radius 2 is 2.06 bits per heavy atom. The first-order chi connectivity index (χ1) is 7.35. The second-order valence-electron chi connectivity index (χ2n) is 4.51. The van der Waals surface area contributed by atoms with Gasteiger partial charge in [-0.3, -0.25) is 4.79 Å². The Kier molecular flexibility index (Phi) is 6.16. The molecule has 1 rings (SSSR count). The number of nitrogens with two attached hydrogens (primary N) is 1. The number of hydrogen-bond acceptors (Lipinski definition) is 2. The number of nitrogens with one attached hydrogen (secondary N) is 1. The smallest absolute Gasteiger partial charge is 0.251 e. The van der Waals surface area contributed by atoms with Crippen LogP contribution >= 0.6 is 28.3 Å². The van der Waals surface area contributed by atoms with Crippen molar-refractivity contribution in [3.8, 4) is 0 Å². The molecule has 0 aliphatic rings. The van der Waals surface area contributed by atoms with E-state index in [9.17, 15) is 4.79 Å². The van der Waals surface area contributed by atoms with E-state index in [4.69, 9.17) is 5.73 Å². The third-order valence-electron chi connectivity index (χ3n) is 2.40. The summed E-state index contributed by atoms with van der Waals surface area (Å²) in [6.07, 6.45) is 0. The first-order valence-corrected chi connectivity index (χ1v) is 5.94. The number of hydrogen-bond donors (Lipinski definition) is 2. The Morgan fingerprint density at radius 1 is 1.47 bits per heavy atom. The van der Waals surface area contributed by atoms with Crippen molar-refractivity contribution in [2.45, 2.75) is 26.3 Å². The second kappa shape index (κ2) is 6.38. The lowest BCUT2D eigenvalue weighted by molar-refractivity contribution is 0.0915. The highest BCUT2D eigenvalue weighted by Crippen LogP contribution is 2.17. The average Bonchev–Trinajstić information content (AvgIpc) is 2.21. The van der Waals surface area contributed by atoms with E-state index in [0.29, 0.717) is 12.1 Å². The molecule has 0 aromatic heterocycles. The van der Waals surface area contributed by atoms with Crippen molar-refractivity contribution in [3.63, 3.8) is 0 Å². The monoisotopic (exact) mass is 320 g/mol. The Morgan fingerprint density at radius 3 is 2.53 bits per heavy atom. The van der Waals surface area contributed by atoms with Crippen LogP contribution in [0.15, 0.2) is 22.7 Å². The van der Waals surface area contributed by atoms with Gasteiger partial charge < -0.3 is 11.1 Å². The zero-order chi connectivity index (χ0) is 12.3. The van der Waals surface area contributed by atoms with E-state index < -0.39 is 0 Å². The van der Waals surface area contributed by atoms with Crippen molar-refractivity contribution in [1.82, 2.24) is 5.32 Å². The molecule has 0 saturated heterocycles. The molecule has 1 aromatic rings. The molecule has 1 amide bonds. The van der Waals surface area contributed by atoms with Gasteiger partial charge in [-0.25, -0.2) is 0 Å². The SMILES string of the molecule is Cc1ccc(C(=O)NC(C)(C)CN)cc1Br.Cl. The quantitative estimate of drug-likeness (QED) is 0.899. The van der Waals surface area contributed by atoms with Gasteiger partial charge in [0, 0.05) is 22.1 Å². The van der Waals surface area contributed by atoms with Gasteiger partial charge in [0.05, 0.1) is 0 Å². The van der Waals surface area contributed by atoms with Crippen LogP contribution in [0, 0.1) is 6.92 Å². The Bertz CT molecular complexity index is 407. The minimum Gasteiger partial charge on any atom is -0.346 e. The van der Waals surface area contributed by atoms with Crippen molar-refractivity contribution in [2.24, 2.45) is 5.73 Å². The van der Waals surface area contributed by atoms with Crippen LogP contribution in [-0.2, 0) is 0 Å². The molecular formula is C12H18BrClN2O. The maximum Gasteiger partial charge on any atom is 0.251 e. The van der Waals surface area contributed by atoms with Crippen molar-refractivity contribution in [1.29, 1.82) is 0 Å². The highest BCUT2D eigenvalue weighted by molar-refractivity contribution is 9.10. The van der Waals surface area contributed by atoms with Gasteiger partial charge in [0.2, 0.25) is 0 Å². The second-order valence-corrected chi connectivity index (χ2v) is 5.36. The fraction of sp³-hybridized carbons (Fsp3) is 0.417. The summed E-state index contributed by atoms with van der Waals surface area (Å²) in [5.74, 6) is -0.101. The number of amides is 1. The van der Waals surface area contributed by atoms with Gasteiger partial charge in [-0.05, 0) is 38.5 Å². The lowest BCUT2D eigenvalue weighted by Crippen LogP contribution is -2.48. The van der Waals surface area contributed by atoms with E-state index in [1.165, 1.54) is 0 Å². The van der Waals surface area contributed by atoms with Crippen molar-refractivity contribution in [3.05, 3.63) is 33.8 Å². The van der Waals surface area contributed by atoms with E-state index in [1.807, 2.05) is 39.0 Å². The van der Waals surface area contributed by atoms with Crippen LogP contribution in [-0.4, -0.2) is 18.0 Å². The number of rotatable bonds is 3. The van der Waals surface area contributed by atoms with E-state index >= 15 is 0 Å². The van der Waals surface area contributed by atoms with Crippen LogP contribution in [0.5, 0.6) is 0 Å². The van der Waals surface area contributed by atoms with E-state index in [0.717, 1.165) is 10.0 Å². The lowest BCUT2D eigenvalue weighted by Gasteiger charge is -2.24. The minimum absolute atomic E-state index is 0. The Hall–Kier alpha value is -0.580. The average molecular weight is 322 g/mol. The van der Waals surface area contributed by atoms with Gasteiger partial charge in [0.15, 0.2) is 0 Å². The molecular weight excluding hydrogens is 304 g/mol. The molecule has 17 heavy (non-hydrogen) atoms. The number of halogens is 2. The predicted octanol–water partition coefficient (Wildman–Crippen LogP) is 2.65. The molecule has 0 heterocycles. The van der Waals surface area contributed by atoms with Crippen LogP contribution in [0.2, 0.25) is 0 Å². The number of carbonyl (C=O) groups is 1. The molecule has 96 valence electrons. The van der Waals surface area contributed by atoms with Gasteiger partial charge in [0.1, 0.15) is 0 Å². The molecule has 0 fully saturated rings. The van der Waals surface area contributed by atoms with Crippen molar-refractivity contribution in [2.75, 3.05) is 6.54 Å². The molecule has 0 aliphatic carbocycles. The maximum atomic E-state index is 11.9. The summed E-state index contributed by atoms with van der Waals surface area (Å²) < 4.78 is 0.936. The van der Waals surface area contributed by atoms with Gasteiger partial charge >= 0.3 is 0 Å². The van der Waals surface area contributed by atoms with Crippen LogP contribution < -0.4 is 11.1 Å². The highest BCUT2D eigenvalue weighted by Gasteiger charge is 2.19. The molecule has 0 aliphatic heterocycles. The minimum atomic E-state index is -0.381. The van der Waals surface area contributed by atoms with Crippen LogP contribution in [0.25, 0.3) is 0 Å². The predicted molar refractivity (Wildman–Crippen MR) is 76.7 cm³/mol. The number of carbonyl (C=O) groups excluding carboxylic acids is 1. The summed E-state index contributed by atoms with van der Waals surface area (Å²) >= 11 is 3.41.